The van der Waals surface area contributed by atoms with E-state index in [-0.39, 0.29) is 35.2 Å². The van der Waals surface area contributed by atoms with Gasteiger partial charge in [-0.25, -0.2) is 19.2 Å². The van der Waals surface area contributed by atoms with Gasteiger partial charge in [0.25, 0.3) is 0 Å². The Bertz CT molecular complexity index is 1300. The summed E-state index contributed by atoms with van der Waals surface area (Å²) in [6.45, 7) is 7.42. The number of hydrogen-bond donors (Lipinski definition) is 1. The van der Waals surface area contributed by atoms with Crippen LogP contribution in [0.2, 0.25) is 5.02 Å². The number of amides is 2. The van der Waals surface area contributed by atoms with Crippen LogP contribution in [0, 0.1) is 11.2 Å². The first kappa shape index (κ1) is 25.4. The summed E-state index contributed by atoms with van der Waals surface area (Å²) in [7, 11) is 0. The SMILES string of the molecule is CC(=O)C(C)(C)COc1ncc(-c2ccc3c(c2)OC(C)CN3C(=O)Nc2ccc(Cl)cc2F)cn1. The first-order valence-electron chi connectivity index (χ1n) is 11.3. The Hall–Kier alpha value is -3.72. The Kier molecular flexibility index (Phi) is 7.12. The number of rotatable bonds is 6. The third kappa shape index (κ3) is 5.57. The first-order chi connectivity index (χ1) is 17.0. The number of ketones is 1. The van der Waals surface area contributed by atoms with Crippen molar-refractivity contribution in [3.8, 4) is 22.9 Å². The maximum Gasteiger partial charge on any atom is 0.326 e. The number of halogens is 2. The van der Waals surface area contributed by atoms with Crippen LogP contribution < -0.4 is 19.7 Å². The van der Waals surface area contributed by atoms with Gasteiger partial charge in [0.1, 0.15) is 30.1 Å². The molecular weight excluding hydrogens is 487 g/mol. The van der Waals surface area contributed by atoms with Crippen molar-refractivity contribution in [2.75, 3.05) is 23.4 Å². The quantitative estimate of drug-likeness (QED) is 0.452. The van der Waals surface area contributed by atoms with Crippen LogP contribution in [0.5, 0.6) is 11.8 Å². The van der Waals surface area contributed by atoms with E-state index < -0.39 is 17.3 Å². The lowest BCUT2D eigenvalue weighted by atomic mass is 9.90. The molecule has 1 aromatic heterocycles. The largest absolute Gasteiger partial charge is 0.487 e. The first-order valence-corrected chi connectivity index (χ1v) is 11.7. The van der Waals surface area contributed by atoms with Crippen LogP contribution in [-0.4, -0.2) is 41.0 Å². The summed E-state index contributed by atoms with van der Waals surface area (Å²) in [6, 6.07) is 9.12. The summed E-state index contributed by atoms with van der Waals surface area (Å²) in [5, 5.41) is 2.84. The molecule has 4 rings (SSSR count). The fraction of sp³-hybridized carbons (Fsp3) is 0.308. The van der Waals surface area contributed by atoms with Crippen LogP contribution >= 0.6 is 11.6 Å². The van der Waals surface area contributed by atoms with Crippen LogP contribution in [-0.2, 0) is 4.79 Å². The van der Waals surface area contributed by atoms with Gasteiger partial charge >= 0.3 is 12.0 Å². The number of anilines is 2. The van der Waals surface area contributed by atoms with Gasteiger partial charge in [0.2, 0.25) is 0 Å². The Morgan fingerprint density at radius 2 is 1.92 bits per heavy atom. The number of carbonyl (C=O) groups excluding carboxylic acids is 2. The lowest BCUT2D eigenvalue weighted by Gasteiger charge is -2.33. The zero-order chi connectivity index (χ0) is 26.0. The standard InChI is InChI=1S/C26H26ClFN4O4/c1-15-13-32(25(34)31-21-7-6-19(27)10-20(21)28)22-8-5-17(9-23(22)36-15)18-11-29-24(30-12-18)35-14-26(3,4)16(2)33/h5-12,15H,13-14H2,1-4H3,(H,31,34). The lowest BCUT2D eigenvalue weighted by molar-refractivity contribution is -0.126. The van der Waals surface area contributed by atoms with E-state index in [2.05, 4.69) is 15.3 Å². The number of nitrogens with one attached hydrogen (secondary N) is 1. The second-order valence-electron chi connectivity index (χ2n) is 9.26. The summed E-state index contributed by atoms with van der Waals surface area (Å²) < 4.78 is 25.7. The van der Waals surface area contributed by atoms with E-state index in [1.807, 2.05) is 13.0 Å². The molecule has 10 heteroatoms. The van der Waals surface area contributed by atoms with Crippen LogP contribution in [0.25, 0.3) is 11.1 Å². The maximum absolute atomic E-state index is 14.2. The lowest BCUT2D eigenvalue weighted by Crippen LogP contribution is -2.44. The highest BCUT2D eigenvalue weighted by Crippen LogP contribution is 2.37. The predicted octanol–water partition coefficient (Wildman–Crippen LogP) is 5.75. The molecule has 1 aliphatic rings. The van der Waals surface area contributed by atoms with Gasteiger partial charge in [0.15, 0.2) is 0 Å². The molecule has 1 aliphatic heterocycles. The van der Waals surface area contributed by atoms with Crippen molar-refractivity contribution in [3.05, 3.63) is 59.6 Å². The molecule has 0 radical (unpaired) electrons. The number of ether oxygens (including phenoxy) is 2. The molecular formula is C26H26ClFN4O4. The van der Waals surface area contributed by atoms with Gasteiger partial charge in [0.05, 0.1) is 23.3 Å². The van der Waals surface area contributed by atoms with Crippen molar-refractivity contribution < 1.29 is 23.5 Å². The van der Waals surface area contributed by atoms with Crippen molar-refractivity contribution in [2.45, 2.75) is 33.8 Å². The monoisotopic (exact) mass is 512 g/mol. The minimum absolute atomic E-state index is 0.0171. The molecule has 1 unspecified atom stereocenters. The van der Waals surface area contributed by atoms with E-state index in [9.17, 15) is 14.0 Å². The Morgan fingerprint density at radius 1 is 1.19 bits per heavy atom. The molecule has 2 heterocycles. The highest BCUT2D eigenvalue weighted by Gasteiger charge is 2.29. The molecule has 1 N–H and O–H groups in total. The highest BCUT2D eigenvalue weighted by molar-refractivity contribution is 6.30. The van der Waals surface area contributed by atoms with Gasteiger partial charge in [-0.05, 0) is 63.6 Å². The van der Waals surface area contributed by atoms with Crippen LogP contribution in [0.15, 0.2) is 48.8 Å². The van der Waals surface area contributed by atoms with Gasteiger partial charge in [-0.1, -0.05) is 17.7 Å². The molecule has 1 atom stereocenters. The molecule has 8 nitrogen and oxygen atoms in total. The normalized spacial score (nSPS) is 15.1. The van der Waals surface area contributed by atoms with Gasteiger partial charge in [-0.2, -0.15) is 0 Å². The summed E-state index contributed by atoms with van der Waals surface area (Å²) in [6.07, 6.45) is 2.95. The fourth-order valence-corrected chi connectivity index (χ4v) is 3.63. The van der Waals surface area contributed by atoms with E-state index in [4.69, 9.17) is 21.1 Å². The van der Waals surface area contributed by atoms with Gasteiger partial charge < -0.3 is 14.8 Å². The van der Waals surface area contributed by atoms with Crippen molar-refractivity contribution in [3.63, 3.8) is 0 Å². The summed E-state index contributed by atoms with van der Waals surface area (Å²) in [4.78, 5) is 34.6. The Labute approximate surface area is 213 Å². The average Bonchev–Trinajstić information content (AvgIpc) is 2.83. The molecule has 0 spiro atoms. The number of carbonyl (C=O) groups is 2. The molecule has 0 bridgehead atoms. The molecule has 0 saturated heterocycles. The third-order valence-electron chi connectivity index (χ3n) is 5.91. The second-order valence-corrected chi connectivity index (χ2v) is 9.70. The summed E-state index contributed by atoms with van der Waals surface area (Å²) in [5.41, 5.74) is 1.45. The van der Waals surface area contributed by atoms with Gasteiger partial charge in [-0.3, -0.25) is 9.69 Å². The molecule has 0 saturated carbocycles. The van der Waals surface area contributed by atoms with Crippen molar-refractivity contribution >= 4 is 34.8 Å². The summed E-state index contributed by atoms with van der Waals surface area (Å²) >= 11 is 5.80. The summed E-state index contributed by atoms with van der Waals surface area (Å²) in [5.74, 6) is -0.102. The van der Waals surface area contributed by atoms with Gasteiger partial charge in [0, 0.05) is 23.0 Å². The van der Waals surface area contributed by atoms with Crippen molar-refractivity contribution in [2.24, 2.45) is 5.41 Å². The van der Waals surface area contributed by atoms with E-state index in [1.54, 1.807) is 38.4 Å². The van der Waals surface area contributed by atoms with Crippen molar-refractivity contribution in [1.82, 2.24) is 9.97 Å². The maximum atomic E-state index is 14.2. The fourth-order valence-electron chi connectivity index (χ4n) is 3.47. The molecule has 188 valence electrons. The average molecular weight is 513 g/mol. The zero-order valence-electron chi connectivity index (χ0n) is 20.3. The van der Waals surface area contributed by atoms with Crippen LogP contribution in [0.3, 0.4) is 0 Å². The van der Waals surface area contributed by atoms with E-state index in [1.165, 1.54) is 24.0 Å². The zero-order valence-corrected chi connectivity index (χ0v) is 21.1. The number of Topliss-reactive ketones (excluding diaryl/α,β-unsaturated/α-hetero) is 1. The number of hydrogen-bond acceptors (Lipinski definition) is 6. The second kappa shape index (κ2) is 10.1. The smallest absolute Gasteiger partial charge is 0.326 e. The van der Waals surface area contributed by atoms with E-state index >= 15 is 0 Å². The Balaban J connectivity index is 1.52. The molecule has 0 aliphatic carbocycles. The number of fused-ring (bicyclic) bond motifs is 1. The van der Waals surface area contributed by atoms with Crippen LogP contribution in [0.4, 0.5) is 20.6 Å². The van der Waals surface area contributed by atoms with Gasteiger partial charge in [-0.15, -0.1) is 0 Å². The predicted molar refractivity (Wildman–Crippen MR) is 135 cm³/mol. The van der Waals surface area contributed by atoms with E-state index in [0.717, 1.165) is 17.2 Å². The number of nitrogens with zero attached hydrogens (tertiary/aromatic N) is 3. The molecule has 0 fully saturated rings. The minimum Gasteiger partial charge on any atom is -0.487 e. The molecule has 3 aromatic rings. The number of benzene rings is 2. The molecule has 2 aromatic carbocycles. The van der Waals surface area contributed by atoms with E-state index in [0.29, 0.717) is 18.0 Å². The molecule has 2 amide bonds. The minimum atomic E-state index is -0.633. The Morgan fingerprint density at radius 3 is 2.58 bits per heavy atom. The molecule has 36 heavy (non-hydrogen) atoms. The number of urea groups is 1. The topological polar surface area (TPSA) is 93.7 Å². The third-order valence-corrected chi connectivity index (χ3v) is 6.15. The number of aromatic nitrogens is 2. The van der Waals surface area contributed by atoms with Crippen LogP contribution in [0.1, 0.15) is 27.7 Å². The highest BCUT2D eigenvalue weighted by atomic mass is 35.5. The van der Waals surface area contributed by atoms with Crippen molar-refractivity contribution in [1.29, 1.82) is 0 Å².